The number of esters is 1. The Labute approximate surface area is 96.4 Å². The van der Waals surface area contributed by atoms with E-state index in [1.54, 1.807) is 0 Å². The summed E-state index contributed by atoms with van der Waals surface area (Å²) in [6.07, 6.45) is 1.35. The summed E-state index contributed by atoms with van der Waals surface area (Å²) in [6, 6.07) is 9.49. The van der Waals surface area contributed by atoms with Gasteiger partial charge in [0.1, 0.15) is 0 Å². The molecule has 1 aromatic rings. The van der Waals surface area contributed by atoms with Gasteiger partial charge in [-0.2, -0.15) is 0 Å². The van der Waals surface area contributed by atoms with Gasteiger partial charge < -0.3 is 9.84 Å². The lowest BCUT2D eigenvalue weighted by molar-refractivity contribution is -0.145. The monoisotopic (exact) mass is 222 g/mol. The molecule has 0 radical (unpaired) electrons. The van der Waals surface area contributed by atoms with E-state index in [0.717, 1.165) is 11.1 Å². The molecule has 88 valence electrons. The molecule has 0 amide bonds. The van der Waals surface area contributed by atoms with Gasteiger partial charge in [0.15, 0.2) is 6.79 Å². The van der Waals surface area contributed by atoms with E-state index in [4.69, 9.17) is 5.11 Å². The standard InChI is InChI=1S/C11H12O3.C2H6/c1-9(7-11(13)14-8-12)10-5-3-2-4-6-10;1-2/h2-7,12H,8H2,1H3;1-2H3/b9-7+;. The lowest BCUT2D eigenvalue weighted by atomic mass is 10.1. The number of carbonyl (C=O) groups is 1. The summed E-state index contributed by atoms with van der Waals surface area (Å²) in [4.78, 5) is 11.0. The van der Waals surface area contributed by atoms with Crippen LogP contribution in [-0.2, 0) is 9.53 Å². The van der Waals surface area contributed by atoms with Crippen molar-refractivity contribution in [2.24, 2.45) is 0 Å². The minimum atomic E-state index is -0.586. The third kappa shape index (κ3) is 5.32. The molecule has 0 aromatic heterocycles. The molecule has 0 aliphatic carbocycles. The second kappa shape index (κ2) is 8.68. The summed E-state index contributed by atoms with van der Waals surface area (Å²) in [5.74, 6) is -0.533. The van der Waals surface area contributed by atoms with Crippen LogP contribution in [0.25, 0.3) is 5.57 Å². The molecule has 0 saturated carbocycles. The Hall–Kier alpha value is -1.61. The molecule has 3 nitrogen and oxygen atoms in total. The largest absolute Gasteiger partial charge is 0.436 e. The molecule has 0 fully saturated rings. The van der Waals surface area contributed by atoms with Gasteiger partial charge in [-0.25, -0.2) is 4.79 Å². The number of carbonyl (C=O) groups excluding carboxylic acids is 1. The van der Waals surface area contributed by atoms with E-state index in [-0.39, 0.29) is 0 Å². The van der Waals surface area contributed by atoms with Crippen LogP contribution in [0.2, 0.25) is 0 Å². The predicted molar refractivity (Wildman–Crippen MR) is 64.6 cm³/mol. The van der Waals surface area contributed by atoms with Crippen LogP contribution < -0.4 is 0 Å². The Bertz CT molecular complexity index is 328. The minimum absolute atomic E-state index is 0.533. The average molecular weight is 222 g/mol. The predicted octanol–water partition coefficient (Wildman–Crippen LogP) is 2.61. The van der Waals surface area contributed by atoms with E-state index >= 15 is 0 Å². The van der Waals surface area contributed by atoms with Crippen molar-refractivity contribution in [1.29, 1.82) is 0 Å². The van der Waals surface area contributed by atoms with E-state index in [1.807, 2.05) is 51.1 Å². The van der Waals surface area contributed by atoms with E-state index in [1.165, 1.54) is 6.08 Å². The summed E-state index contributed by atoms with van der Waals surface area (Å²) >= 11 is 0. The Morgan fingerprint density at radius 1 is 1.31 bits per heavy atom. The molecule has 0 heterocycles. The zero-order chi connectivity index (χ0) is 12.4. The molecule has 0 unspecified atom stereocenters. The number of ether oxygens (including phenoxy) is 1. The zero-order valence-corrected chi connectivity index (χ0v) is 9.93. The van der Waals surface area contributed by atoms with Gasteiger partial charge in [0.05, 0.1) is 0 Å². The lowest BCUT2D eigenvalue weighted by Gasteiger charge is -2.00. The van der Waals surface area contributed by atoms with E-state index in [9.17, 15) is 4.79 Å². The van der Waals surface area contributed by atoms with Crippen molar-refractivity contribution in [3.8, 4) is 0 Å². The maximum absolute atomic E-state index is 11.0. The van der Waals surface area contributed by atoms with Crippen LogP contribution in [0.15, 0.2) is 36.4 Å². The molecule has 0 atom stereocenters. The van der Waals surface area contributed by atoms with Gasteiger partial charge in [-0.05, 0) is 18.1 Å². The Morgan fingerprint density at radius 2 is 1.88 bits per heavy atom. The molecule has 1 rings (SSSR count). The maximum atomic E-state index is 11.0. The average Bonchev–Trinajstić information content (AvgIpc) is 2.33. The van der Waals surface area contributed by atoms with Crippen molar-refractivity contribution in [2.45, 2.75) is 20.8 Å². The fraction of sp³-hybridized carbons (Fsp3) is 0.308. The van der Waals surface area contributed by atoms with Gasteiger partial charge >= 0.3 is 5.97 Å². The molecule has 3 heteroatoms. The van der Waals surface area contributed by atoms with Crippen molar-refractivity contribution >= 4 is 11.5 Å². The summed E-state index contributed by atoms with van der Waals surface area (Å²) in [7, 11) is 0. The second-order valence-electron chi connectivity index (χ2n) is 2.79. The molecule has 0 aliphatic heterocycles. The molecular weight excluding hydrogens is 204 g/mol. The number of aliphatic hydroxyl groups excluding tert-OH is 1. The van der Waals surface area contributed by atoms with Crippen LogP contribution >= 0.6 is 0 Å². The molecular formula is C13H18O3. The summed E-state index contributed by atoms with van der Waals surface area (Å²) in [5.41, 5.74) is 1.77. The van der Waals surface area contributed by atoms with Gasteiger partial charge in [-0.3, -0.25) is 0 Å². The van der Waals surface area contributed by atoms with Crippen LogP contribution in [-0.4, -0.2) is 17.9 Å². The second-order valence-corrected chi connectivity index (χ2v) is 2.79. The highest BCUT2D eigenvalue weighted by Gasteiger charge is 1.99. The van der Waals surface area contributed by atoms with Crippen molar-refractivity contribution in [3.63, 3.8) is 0 Å². The highest BCUT2D eigenvalue weighted by atomic mass is 16.6. The summed E-state index contributed by atoms with van der Waals surface area (Å²) < 4.78 is 4.37. The molecule has 0 aliphatic rings. The molecule has 16 heavy (non-hydrogen) atoms. The van der Waals surface area contributed by atoms with E-state index < -0.39 is 12.8 Å². The molecule has 0 saturated heterocycles. The van der Waals surface area contributed by atoms with Crippen LogP contribution in [0.3, 0.4) is 0 Å². The number of benzene rings is 1. The fourth-order valence-corrected chi connectivity index (χ4v) is 1.07. The first-order valence-corrected chi connectivity index (χ1v) is 5.25. The summed E-state index contributed by atoms with van der Waals surface area (Å²) in [5, 5.41) is 8.35. The lowest BCUT2D eigenvalue weighted by Crippen LogP contribution is -2.01. The van der Waals surface area contributed by atoms with Crippen LogP contribution in [0.5, 0.6) is 0 Å². The molecule has 0 bridgehead atoms. The van der Waals surface area contributed by atoms with Gasteiger partial charge in [-0.1, -0.05) is 44.2 Å². The smallest absolute Gasteiger partial charge is 0.333 e. The van der Waals surface area contributed by atoms with Crippen LogP contribution in [0.1, 0.15) is 26.3 Å². The van der Waals surface area contributed by atoms with Gasteiger partial charge in [0.25, 0.3) is 0 Å². The van der Waals surface area contributed by atoms with Crippen molar-refractivity contribution < 1.29 is 14.6 Å². The number of aliphatic hydroxyl groups is 1. The molecule has 0 spiro atoms. The van der Waals surface area contributed by atoms with E-state index in [2.05, 4.69) is 4.74 Å². The number of hydrogen-bond acceptors (Lipinski definition) is 3. The van der Waals surface area contributed by atoms with Crippen molar-refractivity contribution in [2.75, 3.05) is 6.79 Å². The molecule has 1 N–H and O–H groups in total. The third-order valence-electron chi connectivity index (χ3n) is 1.77. The first-order valence-electron chi connectivity index (χ1n) is 5.25. The molecule has 1 aromatic carbocycles. The normalized spacial score (nSPS) is 10.1. The maximum Gasteiger partial charge on any atom is 0.333 e. The van der Waals surface area contributed by atoms with Crippen LogP contribution in [0, 0.1) is 0 Å². The third-order valence-corrected chi connectivity index (χ3v) is 1.77. The number of rotatable bonds is 3. The SMILES string of the molecule is C/C(=C\C(=O)OCO)c1ccccc1.CC. The van der Waals surface area contributed by atoms with Gasteiger partial charge in [-0.15, -0.1) is 0 Å². The van der Waals surface area contributed by atoms with Gasteiger partial charge in [0, 0.05) is 6.08 Å². The zero-order valence-electron chi connectivity index (χ0n) is 9.93. The summed E-state index contributed by atoms with van der Waals surface area (Å²) in [6.45, 7) is 5.23. The Kier molecular flexibility index (Phi) is 7.81. The number of hydrogen-bond donors (Lipinski definition) is 1. The van der Waals surface area contributed by atoms with Gasteiger partial charge in [0.2, 0.25) is 0 Å². The Morgan fingerprint density at radius 3 is 2.38 bits per heavy atom. The topological polar surface area (TPSA) is 46.5 Å². The first kappa shape index (κ1) is 14.4. The Balaban J connectivity index is 0.00000106. The van der Waals surface area contributed by atoms with Crippen molar-refractivity contribution in [1.82, 2.24) is 0 Å². The van der Waals surface area contributed by atoms with Crippen molar-refractivity contribution in [3.05, 3.63) is 42.0 Å². The quantitative estimate of drug-likeness (QED) is 0.486. The first-order chi connectivity index (χ1) is 7.74. The minimum Gasteiger partial charge on any atom is -0.436 e. The number of allylic oxidation sites excluding steroid dienone is 1. The van der Waals surface area contributed by atoms with Crippen LogP contribution in [0.4, 0.5) is 0 Å². The highest BCUT2D eigenvalue weighted by Crippen LogP contribution is 2.12. The fourth-order valence-electron chi connectivity index (χ4n) is 1.07. The highest BCUT2D eigenvalue weighted by molar-refractivity contribution is 5.90. The van der Waals surface area contributed by atoms with E-state index in [0.29, 0.717) is 0 Å².